The van der Waals surface area contributed by atoms with Crippen LogP contribution in [0, 0.1) is 0 Å². The summed E-state index contributed by atoms with van der Waals surface area (Å²) in [5, 5.41) is 10.8. The average molecular weight is 294 g/mol. The van der Waals surface area contributed by atoms with Crippen LogP contribution in [0.5, 0.6) is 0 Å². The first-order valence-corrected chi connectivity index (χ1v) is 7.53. The lowest BCUT2D eigenvalue weighted by atomic mass is 10.1. The molecule has 0 aliphatic heterocycles. The Bertz CT molecular complexity index is 896. The zero-order valence-electron chi connectivity index (χ0n) is 12.4. The highest BCUT2D eigenvalue weighted by Gasteiger charge is 2.22. The molecule has 1 aromatic carbocycles. The summed E-state index contributed by atoms with van der Waals surface area (Å²) in [6, 6.07) is 8.12. The Kier molecular flexibility index (Phi) is 2.90. The van der Waals surface area contributed by atoms with Crippen molar-refractivity contribution in [2.75, 3.05) is 5.73 Å². The Balaban J connectivity index is 1.95. The maximum absolute atomic E-state index is 9.77. The van der Waals surface area contributed by atoms with Gasteiger partial charge in [-0.3, -0.25) is 0 Å². The van der Waals surface area contributed by atoms with Crippen LogP contribution in [0.3, 0.4) is 0 Å². The van der Waals surface area contributed by atoms with Crippen LogP contribution < -0.4 is 5.73 Å². The first-order valence-electron chi connectivity index (χ1n) is 7.53. The van der Waals surface area contributed by atoms with Gasteiger partial charge < -0.3 is 15.4 Å². The molecule has 5 nitrogen and oxygen atoms in total. The molecule has 0 spiro atoms. The van der Waals surface area contributed by atoms with Crippen LogP contribution in [0.2, 0.25) is 0 Å². The molecule has 0 bridgehead atoms. The number of nitrogens with two attached hydrogens (primary N) is 1. The first-order chi connectivity index (χ1) is 10.6. The number of nitrogen functional groups attached to an aromatic ring is 1. The van der Waals surface area contributed by atoms with Crippen molar-refractivity contribution in [3.8, 4) is 0 Å². The van der Waals surface area contributed by atoms with Gasteiger partial charge in [0.2, 0.25) is 0 Å². The Morgan fingerprint density at radius 3 is 2.95 bits per heavy atom. The van der Waals surface area contributed by atoms with Crippen molar-refractivity contribution in [2.45, 2.75) is 31.9 Å². The lowest BCUT2D eigenvalue weighted by Gasteiger charge is -2.17. The van der Waals surface area contributed by atoms with Gasteiger partial charge >= 0.3 is 0 Å². The van der Waals surface area contributed by atoms with E-state index in [0.29, 0.717) is 5.82 Å². The summed E-state index contributed by atoms with van der Waals surface area (Å²) in [4.78, 5) is 8.90. The zero-order valence-corrected chi connectivity index (χ0v) is 12.4. The highest BCUT2D eigenvalue weighted by molar-refractivity contribution is 6.06. The topological polar surface area (TPSA) is 77.0 Å². The molecule has 0 amide bonds. The molecule has 3 aromatic rings. The van der Waals surface area contributed by atoms with Gasteiger partial charge in [0.05, 0.1) is 29.5 Å². The number of nitrogens with zero attached hydrogens (tertiary/aromatic N) is 3. The minimum Gasteiger partial charge on any atom is -0.392 e. The van der Waals surface area contributed by atoms with Crippen LogP contribution in [0.25, 0.3) is 21.9 Å². The minimum atomic E-state index is -0.254. The third kappa shape index (κ3) is 1.89. The molecule has 0 saturated heterocycles. The Hall–Kier alpha value is -2.40. The fourth-order valence-corrected chi connectivity index (χ4v) is 3.31. The van der Waals surface area contributed by atoms with Crippen LogP contribution >= 0.6 is 0 Å². The van der Waals surface area contributed by atoms with Gasteiger partial charge in [-0.05, 0) is 31.4 Å². The number of aromatic nitrogens is 3. The molecule has 1 aliphatic carbocycles. The number of benzene rings is 1. The van der Waals surface area contributed by atoms with E-state index in [1.807, 2.05) is 30.6 Å². The number of fused-ring (bicyclic) bond motifs is 3. The first kappa shape index (κ1) is 13.3. The summed E-state index contributed by atoms with van der Waals surface area (Å²) in [7, 11) is 0. The van der Waals surface area contributed by atoms with Gasteiger partial charge in [-0.2, -0.15) is 0 Å². The summed E-state index contributed by atoms with van der Waals surface area (Å²) >= 11 is 0. The zero-order chi connectivity index (χ0) is 15.3. The number of imidazole rings is 1. The molecule has 2 heterocycles. The molecule has 2 atom stereocenters. The van der Waals surface area contributed by atoms with Crippen LogP contribution in [0.1, 0.15) is 25.8 Å². The Labute approximate surface area is 128 Å². The SMILES string of the molecule is C[C@H](C1=CCC(O)C1)n1cnc2c(N)nc3ccccc3c21. The average Bonchev–Trinajstić information content (AvgIpc) is 3.13. The molecular weight excluding hydrogens is 276 g/mol. The van der Waals surface area contributed by atoms with Crippen molar-refractivity contribution >= 4 is 27.8 Å². The van der Waals surface area contributed by atoms with E-state index in [4.69, 9.17) is 5.73 Å². The van der Waals surface area contributed by atoms with E-state index < -0.39 is 0 Å². The van der Waals surface area contributed by atoms with Crippen LogP contribution in [-0.2, 0) is 0 Å². The molecule has 3 N–H and O–H groups in total. The minimum absolute atomic E-state index is 0.146. The molecule has 2 aromatic heterocycles. The summed E-state index contributed by atoms with van der Waals surface area (Å²) in [5.74, 6) is 0.458. The molecule has 22 heavy (non-hydrogen) atoms. The normalized spacial score (nSPS) is 19.7. The molecule has 112 valence electrons. The van der Waals surface area contributed by atoms with Gasteiger partial charge in [-0.15, -0.1) is 0 Å². The number of anilines is 1. The van der Waals surface area contributed by atoms with Gasteiger partial charge in [0.25, 0.3) is 0 Å². The van der Waals surface area contributed by atoms with E-state index in [1.165, 1.54) is 5.57 Å². The maximum atomic E-state index is 9.77. The van der Waals surface area contributed by atoms with E-state index in [0.717, 1.165) is 34.8 Å². The third-order valence-corrected chi connectivity index (χ3v) is 4.51. The number of aliphatic hydroxyl groups excluding tert-OH is 1. The number of pyridine rings is 1. The van der Waals surface area contributed by atoms with Crippen molar-refractivity contribution in [1.82, 2.24) is 14.5 Å². The summed E-state index contributed by atoms with van der Waals surface area (Å²) < 4.78 is 2.14. The Morgan fingerprint density at radius 1 is 1.36 bits per heavy atom. The fourth-order valence-electron chi connectivity index (χ4n) is 3.31. The molecular formula is C17H18N4O. The molecule has 4 rings (SSSR count). The van der Waals surface area contributed by atoms with Crippen molar-refractivity contribution in [2.24, 2.45) is 0 Å². The van der Waals surface area contributed by atoms with Crippen molar-refractivity contribution < 1.29 is 5.11 Å². The summed E-state index contributed by atoms with van der Waals surface area (Å²) in [5.41, 5.74) is 9.94. The second-order valence-electron chi connectivity index (χ2n) is 5.91. The van der Waals surface area contributed by atoms with Gasteiger partial charge in [0.15, 0.2) is 5.82 Å². The molecule has 1 aliphatic rings. The second-order valence-corrected chi connectivity index (χ2v) is 5.91. The highest BCUT2D eigenvalue weighted by atomic mass is 16.3. The standard InChI is InChI=1S/C17H18N4O/c1-10(11-6-7-12(22)8-11)21-9-19-15-16(21)13-4-2-3-5-14(13)20-17(15)18/h2-6,9-10,12,22H,7-8H2,1H3,(H2,18,20)/t10-,12?/m1/s1. The number of hydrogen-bond acceptors (Lipinski definition) is 4. The van der Waals surface area contributed by atoms with Gasteiger partial charge in [0.1, 0.15) is 5.52 Å². The molecule has 1 unspecified atom stereocenters. The van der Waals surface area contributed by atoms with Crippen molar-refractivity contribution in [3.63, 3.8) is 0 Å². The van der Waals surface area contributed by atoms with E-state index in [9.17, 15) is 5.11 Å². The molecule has 0 fully saturated rings. The second kappa shape index (κ2) is 4.81. The predicted molar refractivity (Wildman–Crippen MR) is 87.5 cm³/mol. The molecule has 0 radical (unpaired) electrons. The molecule has 5 heteroatoms. The third-order valence-electron chi connectivity index (χ3n) is 4.51. The van der Waals surface area contributed by atoms with E-state index in [2.05, 4.69) is 27.5 Å². The van der Waals surface area contributed by atoms with Gasteiger partial charge in [0, 0.05) is 5.39 Å². The van der Waals surface area contributed by atoms with Crippen LogP contribution in [0.15, 0.2) is 42.2 Å². The fraction of sp³-hybridized carbons (Fsp3) is 0.294. The van der Waals surface area contributed by atoms with Gasteiger partial charge in [-0.25, -0.2) is 9.97 Å². The summed E-state index contributed by atoms with van der Waals surface area (Å²) in [6.07, 6.45) is 5.16. The quantitative estimate of drug-likeness (QED) is 0.712. The number of para-hydroxylation sites is 1. The highest BCUT2D eigenvalue weighted by Crippen LogP contribution is 2.34. The largest absolute Gasteiger partial charge is 0.392 e. The van der Waals surface area contributed by atoms with E-state index in [-0.39, 0.29) is 12.1 Å². The van der Waals surface area contributed by atoms with E-state index >= 15 is 0 Å². The van der Waals surface area contributed by atoms with Crippen molar-refractivity contribution in [1.29, 1.82) is 0 Å². The smallest absolute Gasteiger partial charge is 0.152 e. The summed E-state index contributed by atoms with van der Waals surface area (Å²) in [6.45, 7) is 2.14. The lowest BCUT2D eigenvalue weighted by molar-refractivity contribution is 0.186. The van der Waals surface area contributed by atoms with Gasteiger partial charge in [-0.1, -0.05) is 24.3 Å². The number of hydrogen-bond donors (Lipinski definition) is 2. The predicted octanol–water partition coefficient (Wildman–Crippen LogP) is 2.81. The van der Waals surface area contributed by atoms with Crippen LogP contribution in [-0.4, -0.2) is 25.7 Å². The van der Waals surface area contributed by atoms with Crippen molar-refractivity contribution in [3.05, 3.63) is 42.2 Å². The van der Waals surface area contributed by atoms with Crippen LogP contribution in [0.4, 0.5) is 5.82 Å². The lowest BCUT2D eigenvalue weighted by Crippen LogP contribution is -2.09. The Morgan fingerprint density at radius 2 is 2.18 bits per heavy atom. The number of rotatable bonds is 2. The van der Waals surface area contributed by atoms with E-state index in [1.54, 1.807) is 0 Å². The maximum Gasteiger partial charge on any atom is 0.152 e. The molecule has 0 saturated carbocycles. The number of aliphatic hydroxyl groups is 1. The monoisotopic (exact) mass is 294 g/mol.